The van der Waals surface area contributed by atoms with Gasteiger partial charge in [-0.25, -0.2) is 0 Å². The summed E-state index contributed by atoms with van der Waals surface area (Å²) in [6.07, 6.45) is 1.55. The molecule has 2 amide bonds. The summed E-state index contributed by atoms with van der Waals surface area (Å²) in [4.78, 5) is 40.2. The smallest absolute Gasteiger partial charge is 0.277 e. The van der Waals surface area contributed by atoms with Gasteiger partial charge in [0.2, 0.25) is 0 Å². The van der Waals surface area contributed by atoms with E-state index in [-0.39, 0.29) is 29.8 Å². The van der Waals surface area contributed by atoms with Gasteiger partial charge in [0.05, 0.1) is 23.1 Å². The summed E-state index contributed by atoms with van der Waals surface area (Å²) in [5, 5.41) is 11.0. The molecule has 160 valence electrons. The number of nitro benzene ring substituents is 1. The summed E-state index contributed by atoms with van der Waals surface area (Å²) < 4.78 is 5.63. The van der Waals surface area contributed by atoms with Crippen molar-refractivity contribution in [2.75, 3.05) is 20.2 Å². The first kappa shape index (κ1) is 20.7. The van der Waals surface area contributed by atoms with E-state index in [0.29, 0.717) is 24.4 Å². The number of likely N-dealkylation sites (N-methyl/N-ethyl adjacent to an activating group) is 1. The van der Waals surface area contributed by atoms with Gasteiger partial charge in [-0.05, 0) is 36.1 Å². The Hall–Kier alpha value is -3.52. The summed E-state index contributed by atoms with van der Waals surface area (Å²) in [6, 6.07) is 15.4. The molecule has 1 unspecified atom stereocenters. The zero-order valence-electron chi connectivity index (χ0n) is 17.2. The van der Waals surface area contributed by atoms with Crippen LogP contribution in [0.25, 0.3) is 5.57 Å². The first-order valence-electron chi connectivity index (χ1n) is 10.2. The Morgan fingerprint density at radius 3 is 2.42 bits per heavy atom. The highest BCUT2D eigenvalue weighted by molar-refractivity contribution is 6.35. The molecule has 8 nitrogen and oxygen atoms in total. The van der Waals surface area contributed by atoms with E-state index < -0.39 is 10.8 Å². The molecule has 2 aromatic carbocycles. The monoisotopic (exact) mass is 421 g/mol. The Morgan fingerprint density at radius 1 is 1.10 bits per heavy atom. The molecule has 0 bridgehead atoms. The quantitative estimate of drug-likeness (QED) is 0.388. The van der Waals surface area contributed by atoms with E-state index in [1.54, 1.807) is 11.9 Å². The lowest BCUT2D eigenvalue weighted by atomic mass is 10.0. The fourth-order valence-corrected chi connectivity index (χ4v) is 4.02. The van der Waals surface area contributed by atoms with Crippen molar-refractivity contribution in [1.82, 2.24) is 9.80 Å². The van der Waals surface area contributed by atoms with Crippen LogP contribution in [0, 0.1) is 10.1 Å². The number of carbonyl (C=O) groups excluding carboxylic acids is 2. The third kappa shape index (κ3) is 4.20. The fourth-order valence-electron chi connectivity index (χ4n) is 4.02. The SMILES string of the molecule is CN(Cc1ccccc1)C1=C(c2ccc([N+](=O)[O-])cc2)C(=O)N(CC2CCCO2)C1=O. The number of hydrogen-bond acceptors (Lipinski definition) is 6. The van der Waals surface area contributed by atoms with Crippen LogP contribution < -0.4 is 0 Å². The lowest BCUT2D eigenvalue weighted by Crippen LogP contribution is -2.39. The van der Waals surface area contributed by atoms with Gasteiger partial charge in [0, 0.05) is 32.3 Å². The van der Waals surface area contributed by atoms with Gasteiger partial charge in [-0.15, -0.1) is 0 Å². The number of hydrogen-bond donors (Lipinski definition) is 0. The average molecular weight is 421 g/mol. The maximum atomic E-state index is 13.3. The molecule has 1 fully saturated rings. The summed E-state index contributed by atoms with van der Waals surface area (Å²) in [7, 11) is 1.77. The highest BCUT2D eigenvalue weighted by atomic mass is 16.6. The second-order valence-corrected chi connectivity index (χ2v) is 7.73. The van der Waals surface area contributed by atoms with E-state index in [0.717, 1.165) is 18.4 Å². The molecule has 0 N–H and O–H groups in total. The molecular formula is C23H23N3O5. The lowest BCUT2D eigenvalue weighted by molar-refractivity contribution is -0.384. The number of benzene rings is 2. The zero-order valence-corrected chi connectivity index (χ0v) is 17.2. The number of carbonyl (C=O) groups is 2. The molecule has 2 aromatic rings. The highest BCUT2D eigenvalue weighted by Crippen LogP contribution is 2.33. The molecule has 0 spiro atoms. The average Bonchev–Trinajstić information content (AvgIpc) is 3.36. The number of non-ortho nitro benzene ring substituents is 1. The molecule has 0 aliphatic carbocycles. The Morgan fingerprint density at radius 2 is 1.81 bits per heavy atom. The zero-order chi connectivity index (χ0) is 22.0. The van der Waals surface area contributed by atoms with Crippen LogP contribution in [0.1, 0.15) is 24.0 Å². The molecule has 8 heteroatoms. The largest absolute Gasteiger partial charge is 0.376 e. The molecular weight excluding hydrogens is 398 g/mol. The summed E-state index contributed by atoms with van der Waals surface area (Å²) in [6.45, 7) is 1.28. The minimum atomic E-state index is -0.494. The number of ether oxygens (including phenoxy) is 1. The first-order chi connectivity index (χ1) is 15.0. The van der Waals surface area contributed by atoms with Gasteiger partial charge < -0.3 is 9.64 Å². The predicted octanol–water partition coefficient (Wildman–Crippen LogP) is 2.99. The minimum Gasteiger partial charge on any atom is -0.376 e. The number of amides is 2. The molecule has 31 heavy (non-hydrogen) atoms. The molecule has 4 rings (SSSR count). The van der Waals surface area contributed by atoms with Gasteiger partial charge in [0.25, 0.3) is 17.5 Å². The van der Waals surface area contributed by atoms with Gasteiger partial charge in [-0.3, -0.25) is 24.6 Å². The Labute approximate surface area is 179 Å². The van der Waals surface area contributed by atoms with Crippen LogP contribution in [0.3, 0.4) is 0 Å². The number of nitrogens with zero attached hydrogens (tertiary/aromatic N) is 3. The fraction of sp³-hybridized carbons (Fsp3) is 0.304. The number of imide groups is 1. The normalized spacial score (nSPS) is 18.7. The van der Waals surface area contributed by atoms with Crippen molar-refractivity contribution in [3.05, 3.63) is 81.5 Å². The van der Waals surface area contributed by atoms with Crippen LogP contribution in [0.4, 0.5) is 5.69 Å². The second-order valence-electron chi connectivity index (χ2n) is 7.73. The Bertz CT molecular complexity index is 1030. The highest BCUT2D eigenvalue weighted by Gasteiger charge is 2.42. The van der Waals surface area contributed by atoms with Crippen molar-refractivity contribution < 1.29 is 19.2 Å². The first-order valence-corrected chi connectivity index (χ1v) is 10.2. The molecule has 2 heterocycles. The minimum absolute atomic E-state index is 0.0727. The molecule has 2 aliphatic heterocycles. The van der Waals surface area contributed by atoms with Crippen LogP contribution in [0.2, 0.25) is 0 Å². The lowest BCUT2D eigenvalue weighted by Gasteiger charge is -2.22. The van der Waals surface area contributed by atoms with E-state index >= 15 is 0 Å². The van der Waals surface area contributed by atoms with Crippen LogP contribution in [-0.2, 0) is 20.9 Å². The van der Waals surface area contributed by atoms with Crippen LogP contribution in [-0.4, -0.2) is 52.8 Å². The van der Waals surface area contributed by atoms with E-state index in [1.807, 2.05) is 30.3 Å². The standard InChI is InChI=1S/C23H23N3O5/c1-24(14-16-6-3-2-4-7-16)21-20(17-9-11-18(12-10-17)26(29)30)22(27)25(23(21)28)15-19-8-5-13-31-19/h2-4,6-7,9-12,19H,5,8,13-15H2,1H3. The predicted molar refractivity (Wildman–Crippen MR) is 114 cm³/mol. The maximum Gasteiger partial charge on any atom is 0.277 e. The Balaban J connectivity index is 1.70. The number of rotatable bonds is 7. The van der Waals surface area contributed by atoms with Gasteiger partial charge in [0.15, 0.2) is 0 Å². The molecule has 0 saturated carbocycles. The molecule has 1 atom stereocenters. The van der Waals surface area contributed by atoms with Crippen molar-refractivity contribution >= 4 is 23.1 Å². The number of nitro groups is 1. The Kier molecular flexibility index (Phi) is 5.81. The molecule has 1 saturated heterocycles. The van der Waals surface area contributed by atoms with Crippen LogP contribution in [0.15, 0.2) is 60.3 Å². The van der Waals surface area contributed by atoms with Crippen molar-refractivity contribution in [3.8, 4) is 0 Å². The third-order valence-electron chi connectivity index (χ3n) is 5.56. The van der Waals surface area contributed by atoms with E-state index in [4.69, 9.17) is 4.74 Å². The van der Waals surface area contributed by atoms with Gasteiger partial charge >= 0.3 is 0 Å². The van der Waals surface area contributed by atoms with Crippen LogP contribution >= 0.6 is 0 Å². The van der Waals surface area contributed by atoms with E-state index in [9.17, 15) is 19.7 Å². The van der Waals surface area contributed by atoms with Crippen molar-refractivity contribution in [1.29, 1.82) is 0 Å². The van der Waals surface area contributed by atoms with E-state index in [2.05, 4.69) is 0 Å². The van der Waals surface area contributed by atoms with Gasteiger partial charge in [0.1, 0.15) is 5.70 Å². The topological polar surface area (TPSA) is 93.0 Å². The third-order valence-corrected chi connectivity index (χ3v) is 5.56. The summed E-state index contributed by atoms with van der Waals surface area (Å²) in [5.74, 6) is -0.767. The second kappa shape index (κ2) is 8.69. The molecule has 2 aliphatic rings. The van der Waals surface area contributed by atoms with Crippen molar-refractivity contribution in [2.45, 2.75) is 25.5 Å². The molecule has 0 aromatic heterocycles. The van der Waals surface area contributed by atoms with Crippen LogP contribution in [0.5, 0.6) is 0 Å². The molecule has 0 radical (unpaired) electrons. The summed E-state index contributed by atoms with van der Waals surface area (Å²) in [5.41, 5.74) is 1.96. The van der Waals surface area contributed by atoms with E-state index in [1.165, 1.54) is 29.2 Å². The van der Waals surface area contributed by atoms with Gasteiger partial charge in [-0.2, -0.15) is 0 Å². The summed E-state index contributed by atoms with van der Waals surface area (Å²) >= 11 is 0. The van der Waals surface area contributed by atoms with Gasteiger partial charge in [-0.1, -0.05) is 30.3 Å². The maximum absolute atomic E-state index is 13.3. The van der Waals surface area contributed by atoms with Crippen molar-refractivity contribution in [2.24, 2.45) is 0 Å². The van der Waals surface area contributed by atoms with Crippen molar-refractivity contribution in [3.63, 3.8) is 0 Å².